The van der Waals surface area contributed by atoms with Crippen molar-refractivity contribution >= 4 is 39.6 Å². The summed E-state index contributed by atoms with van der Waals surface area (Å²) in [5, 5.41) is 18.0. The number of halogens is 1. The van der Waals surface area contributed by atoms with Crippen molar-refractivity contribution in [2.24, 2.45) is 11.8 Å². The van der Waals surface area contributed by atoms with E-state index in [2.05, 4.69) is 16.0 Å². The summed E-state index contributed by atoms with van der Waals surface area (Å²) in [5.74, 6) is -1.96. The van der Waals surface area contributed by atoms with Gasteiger partial charge in [0.2, 0.25) is 11.8 Å². The molecule has 0 radical (unpaired) electrons. The van der Waals surface area contributed by atoms with Crippen LogP contribution in [0.2, 0.25) is 5.02 Å². The van der Waals surface area contributed by atoms with Crippen molar-refractivity contribution in [3.63, 3.8) is 0 Å². The van der Waals surface area contributed by atoms with E-state index in [9.17, 15) is 32.5 Å². The fourth-order valence-electron chi connectivity index (χ4n) is 3.94. The maximum absolute atomic E-state index is 13.1. The Hall–Kier alpha value is -1.41. The van der Waals surface area contributed by atoms with Crippen LogP contribution in [0.15, 0.2) is 24.3 Å². The molecule has 1 unspecified atom stereocenters. The van der Waals surface area contributed by atoms with Crippen LogP contribution in [0, 0.1) is 11.8 Å². The van der Waals surface area contributed by atoms with E-state index in [-0.39, 0.29) is 54.2 Å². The van der Waals surface area contributed by atoms with Crippen molar-refractivity contribution in [3.05, 3.63) is 34.9 Å². The zero-order chi connectivity index (χ0) is 27.3. The van der Waals surface area contributed by atoms with E-state index in [1.54, 1.807) is 52.0 Å². The van der Waals surface area contributed by atoms with Crippen molar-refractivity contribution in [3.8, 4) is 0 Å². The second kappa shape index (κ2) is 14.1. The normalized spacial score (nSPS) is 18.3. The predicted molar refractivity (Wildman–Crippen MR) is 131 cm³/mol. The third-order valence-corrected chi connectivity index (χ3v) is 7.01. The van der Waals surface area contributed by atoms with Crippen LogP contribution in [-0.2, 0) is 30.0 Å². The Morgan fingerprint density at radius 2 is 1.95 bits per heavy atom. The standard InChI is InChI=1S/C23H34ClN3O8S.Na/c1-13(2)10-17(27-22(31)35-23(3,4)15-6-5-7-16(24)12-15)20(29)26-18(21(30)36(32,33)34)11-14-8-9-25-19(14)28;/h5-7,12-14,17-18,21,30H,8-11H2,1-4H3,(H,25,28)(H,26,29)(H,27,31)(H,32,33,34);/q;+1/p-1/t14-,17-,18-,21?;/m0./s1. The molecule has 0 saturated carbocycles. The minimum atomic E-state index is -5.20. The van der Waals surface area contributed by atoms with E-state index >= 15 is 0 Å². The SMILES string of the molecule is CC(C)C[C@H](NC(=O)OC(C)(C)c1cccc(Cl)c1)C(=O)N[C@@H](C[C@@H]1CCNC1=O)C(O)S(=O)(=O)[O-].[Na+]. The molecule has 11 nitrogen and oxygen atoms in total. The number of alkyl carbamates (subject to hydrolysis) is 1. The van der Waals surface area contributed by atoms with Crippen LogP contribution in [0.5, 0.6) is 0 Å². The van der Waals surface area contributed by atoms with Crippen molar-refractivity contribution in [1.29, 1.82) is 0 Å². The smallest absolute Gasteiger partial charge is 0.746 e. The molecule has 3 amide bonds. The molecule has 4 atom stereocenters. The van der Waals surface area contributed by atoms with E-state index in [1.165, 1.54) is 0 Å². The Morgan fingerprint density at radius 1 is 1.30 bits per heavy atom. The molecule has 1 fully saturated rings. The molecule has 14 heteroatoms. The number of rotatable bonds is 11. The number of amides is 3. The molecule has 0 spiro atoms. The molecule has 1 heterocycles. The predicted octanol–water partition coefficient (Wildman–Crippen LogP) is -1.41. The van der Waals surface area contributed by atoms with Gasteiger partial charge >= 0.3 is 35.7 Å². The molecule has 0 bridgehead atoms. The maximum atomic E-state index is 13.1. The number of carbonyl (C=O) groups is 3. The second-order valence-electron chi connectivity index (χ2n) is 9.75. The average molecular weight is 570 g/mol. The molecule has 0 aliphatic carbocycles. The molecular formula is C23H33ClN3NaO8S. The summed E-state index contributed by atoms with van der Waals surface area (Å²) in [4.78, 5) is 37.8. The van der Waals surface area contributed by atoms with Crippen LogP contribution in [0.4, 0.5) is 4.79 Å². The van der Waals surface area contributed by atoms with Gasteiger partial charge in [0.15, 0.2) is 5.44 Å². The van der Waals surface area contributed by atoms with E-state index in [0.29, 0.717) is 23.6 Å². The van der Waals surface area contributed by atoms with Crippen molar-refractivity contribution in [2.75, 3.05) is 6.54 Å². The summed E-state index contributed by atoms with van der Waals surface area (Å²) in [5.41, 5.74) is -2.95. The first-order valence-corrected chi connectivity index (χ1v) is 13.4. The Labute approximate surface area is 244 Å². The molecule has 1 aromatic rings. The number of hydrogen-bond acceptors (Lipinski definition) is 8. The first kappa shape index (κ1) is 33.6. The van der Waals surface area contributed by atoms with Gasteiger partial charge in [0.1, 0.15) is 21.8 Å². The number of nitrogens with one attached hydrogen (secondary N) is 3. The monoisotopic (exact) mass is 569 g/mol. The van der Waals surface area contributed by atoms with Crippen LogP contribution >= 0.6 is 11.6 Å². The van der Waals surface area contributed by atoms with Gasteiger partial charge in [-0.05, 0) is 56.7 Å². The molecule has 2 rings (SSSR count). The van der Waals surface area contributed by atoms with Crippen LogP contribution in [0.25, 0.3) is 0 Å². The van der Waals surface area contributed by atoms with Crippen LogP contribution < -0.4 is 45.5 Å². The Balaban J connectivity index is 0.00000684. The van der Waals surface area contributed by atoms with Gasteiger partial charge in [0.05, 0.1) is 6.04 Å². The third kappa shape index (κ3) is 10.3. The summed E-state index contributed by atoms with van der Waals surface area (Å²) in [6.45, 7) is 7.26. The van der Waals surface area contributed by atoms with Gasteiger partial charge in [-0.15, -0.1) is 0 Å². The third-order valence-electron chi connectivity index (χ3n) is 5.85. The molecule has 1 saturated heterocycles. The van der Waals surface area contributed by atoms with Gasteiger partial charge in [-0.3, -0.25) is 9.59 Å². The van der Waals surface area contributed by atoms with Crippen molar-refractivity contribution in [2.45, 2.75) is 70.1 Å². The van der Waals surface area contributed by atoms with Gasteiger partial charge in [0, 0.05) is 17.5 Å². The Kier molecular flexibility index (Phi) is 12.8. The Bertz CT molecular complexity index is 1070. The molecule has 0 aromatic heterocycles. The minimum absolute atomic E-state index is 0. The van der Waals surface area contributed by atoms with Crippen LogP contribution in [0.1, 0.15) is 52.5 Å². The fourth-order valence-corrected chi connectivity index (χ4v) is 4.71. The zero-order valence-electron chi connectivity index (χ0n) is 21.6. The average Bonchev–Trinajstić information content (AvgIpc) is 3.15. The summed E-state index contributed by atoms with van der Waals surface area (Å²) < 4.78 is 40.0. The van der Waals surface area contributed by atoms with E-state index in [4.69, 9.17) is 16.3 Å². The number of aliphatic hydroxyl groups excluding tert-OH is 1. The number of benzene rings is 1. The van der Waals surface area contributed by atoms with Gasteiger partial charge in [-0.25, -0.2) is 13.2 Å². The second-order valence-corrected chi connectivity index (χ2v) is 11.7. The number of hydrogen-bond donors (Lipinski definition) is 4. The Morgan fingerprint density at radius 3 is 2.46 bits per heavy atom. The van der Waals surface area contributed by atoms with E-state index < -0.39 is 51.2 Å². The van der Waals surface area contributed by atoms with E-state index in [1.807, 2.05) is 0 Å². The first-order chi connectivity index (χ1) is 16.6. The van der Waals surface area contributed by atoms with Gasteiger partial charge in [-0.2, -0.15) is 0 Å². The molecule has 1 aliphatic heterocycles. The van der Waals surface area contributed by atoms with Crippen molar-refractivity contribution < 1.29 is 66.8 Å². The number of ether oxygens (including phenoxy) is 1. The summed E-state index contributed by atoms with van der Waals surface area (Å²) in [6.07, 6.45) is -0.671. The zero-order valence-corrected chi connectivity index (χ0v) is 25.2. The minimum Gasteiger partial charge on any atom is -0.746 e. The number of aliphatic hydroxyl groups is 1. The first-order valence-electron chi connectivity index (χ1n) is 11.6. The summed E-state index contributed by atoms with van der Waals surface area (Å²) >= 11 is 6.03. The molecular weight excluding hydrogens is 537 g/mol. The summed E-state index contributed by atoms with van der Waals surface area (Å²) in [6, 6.07) is 4.02. The molecule has 1 aliphatic rings. The summed E-state index contributed by atoms with van der Waals surface area (Å²) in [7, 11) is -5.20. The topological polar surface area (TPSA) is 174 Å². The molecule has 202 valence electrons. The van der Waals surface area contributed by atoms with Crippen molar-refractivity contribution in [1.82, 2.24) is 16.0 Å². The van der Waals surface area contributed by atoms with Gasteiger partial charge in [-0.1, -0.05) is 37.6 Å². The largest absolute Gasteiger partial charge is 1.00 e. The molecule has 4 N–H and O–H groups in total. The van der Waals surface area contributed by atoms with Gasteiger partial charge in [0.25, 0.3) is 0 Å². The van der Waals surface area contributed by atoms with E-state index in [0.717, 1.165) is 0 Å². The number of carbonyl (C=O) groups excluding carboxylic acids is 3. The maximum Gasteiger partial charge on any atom is 1.00 e. The quantitative estimate of drug-likeness (QED) is 0.186. The van der Waals surface area contributed by atoms with Crippen LogP contribution in [-0.4, -0.2) is 60.0 Å². The molecule has 1 aromatic carbocycles. The van der Waals surface area contributed by atoms with Crippen LogP contribution in [0.3, 0.4) is 0 Å². The fraction of sp³-hybridized carbons (Fsp3) is 0.609. The van der Waals surface area contributed by atoms with Gasteiger partial charge < -0.3 is 30.3 Å². The molecule has 37 heavy (non-hydrogen) atoms.